The number of carbonyl (C=O) groups is 2. The molecule has 3 aromatic rings. The van der Waals surface area contributed by atoms with E-state index in [9.17, 15) is 24.3 Å². The first kappa shape index (κ1) is 28.2. The third-order valence-electron chi connectivity index (χ3n) is 7.87. The van der Waals surface area contributed by atoms with E-state index in [0.717, 1.165) is 42.2 Å². The lowest BCUT2D eigenvalue weighted by Gasteiger charge is -2.31. The zero-order valence-corrected chi connectivity index (χ0v) is 23.1. The molecule has 2 aliphatic heterocycles. The molecule has 11 heteroatoms. The van der Waals surface area contributed by atoms with Crippen molar-refractivity contribution in [1.29, 1.82) is 0 Å². The highest BCUT2D eigenvalue weighted by Gasteiger charge is 2.45. The summed E-state index contributed by atoms with van der Waals surface area (Å²) in [5.41, 5.74) is 2.10. The van der Waals surface area contributed by atoms with Gasteiger partial charge in [-0.1, -0.05) is 26.7 Å². The Morgan fingerprint density at radius 3 is 2.76 bits per heavy atom. The van der Waals surface area contributed by atoms with E-state index in [1.807, 2.05) is 6.92 Å². The molecule has 0 saturated heterocycles. The molecule has 41 heavy (non-hydrogen) atoms. The van der Waals surface area contributed by atoms with Crippen molar-refractivity contribution in [3.8, 4) is 17.1 Å². The topological polar surface area (TPSA) is 149 Å². The quantitative estimate of drug-likeness (QED) is 0.129. The molecule has 2 aromatic heterocycles. The lowest BCUT2D eigenvalue weighted by Crippen LogP contribution is -2.44. The highest BCUT2D eigenvalue weighted by atomic mass is 16.6. The Hall–Kier alpha value is -4.34. The molecule has 0 spiro atoms. The molecule has 1 atom stereocenters. The normalized spacial score (nSPS) is 16.8. The van der Waals surface area contributed by atoms with Crippen molar-refractivity contribution in [3.05, 3.63) is 56.9 Å². The number of nitrogens with zero attached hydrogens (tertiary/aromatic N) is 3. The van der Waals surface area contributed by atoms with Crippen LogP contribution in [0.5, 0.6) is 5.75 Å². The number of unbranched alkanes of at least 4 members (excludes halogenated alkanes) is 3. The van der Waals surface area contributed by atoms with E-state index in [4.69, 9.17) is 14.5 Å². The molecule has 0 unspecified atom stereocenters. The van der Waals surface area contributed by atoms with Crippen molar-refractivity contribution in [2.45, 2.75) is 71.1 Å². The summed E-state index contributed by atoms with van der Waals surface area (Å²) in [6, 6.07) is 6.94. The summed E-state index contributed by atoms with van der Waals surface area (Å²) in [5.74, 6) is -0.376. The summed E-state index contributed by atoms with van der Waals surface area (Å²) in [5, 5.41) is 14.7. The van der Waals surface area contributed by atoms with Crippen LogP contribution in [0.3, 0.4) is 0 Å². The average Bonchev–Trinajstić information content (AvgIpc) is 3.34. The van der Waals surface area contributed by atoms with E-state index in [0.29, 0.717) is 48.7 Å². The highest BCUT2D eigenvalue weighted by molar-refractivity contribution is 5.90. The predicted molar refractivity (Wildman–Crippen MR) is 149 cm³/mol. The molecule has 4 heterocycles. The second-order valence-corrected chi connectivity index (χ2v) is 10.3. The van der Waals surface area contributed by atoms with Gasteiger partial charge in [0.2, 0.25) is 6.08 Å². The van der Waals surface area contributed by atoms with Gasteiger partial charge in [-0.05, 0) is 55.5 Å². The van der Waals surface area contributed by atoms with Gasteiger partial charge in [0.25, 0.3) is 5.56 Å². The smallest absolute Gasteiger partial charge is 0.412 e. The number of pyridine rings is 2. The number of hydrogen-bond donors (Lipinski definition) is 2. The number of aliphatic imine (C=N–C) groups is 1. The molecule has 1 amide bonds. The van der Waals surface area contributed by atoms with Crippen molar-refractivity contribution in [3.63, 3.8) is 0 Å². The van der Waals surface area contributed by atoms with E-state index in [2.05, 4.69) is 10.3 Å². The molecule has 11 nitrogen and oxygen atoms in total. The van der Waals surface area contributed by atoms with E-state index >= 15 is 0 Å². The number of hydrogen-bond acceptors (Lipinski definition) is 9. The zero-order chi connectivity index (χ0) is 29.1. The summed E-state index contributed by atoms with van der Waals surface area (Å²) in [6.45, 7) is 4.75. The number of nitrogens with one attached hydrogen (secondary N) is 1. The number of esters is 1. The first-order valence-electron chi connectivity index (χ1n) is 13.9. The number of ether oxygens (including phenoxy) is 2. The molecule has 5 rings (SSSR count). The Morgan fingerprint density at radius 1 is 1.20 bits per heavy atom. The summed E-state index contributed by atoms with van der Waals surface area (Å²) in [4.78, 5) is 56.8. The molecule has 0 saturated carbocycles. The number of fused-ring (bicyclic) bond motifs is 5. The van der Waals surface area contributed by atoms with Crippen molar-refractivity contribution < 1.29 is 29.0 Å². The number of aromatic nitrogens is 2. The Bertz CT molecular complexity index is 1640. The number of aryl methyl sites for hydroxylation is 1. The highest BCUT2D eigenvalue weighted by Crippen LogP contribution is 2.40. The van der Waals surface area contributed by atoms with Gasteiger partial charge >= 0.3 is 12.1 Å². The molecular weight excluding hydrogens is 528 g/mol. The molecule has 2 aliphatic rings. The van der Waals surface area contributed by atoms with Crippen molar-refractivity contribution in [2.24, 2.45) is 4.99 Å². The van der Waals surface area contributed by atoms with Crippen LogP contribution in [0.15, 0.2) is 34.1 Å². The molecule has 0 aliphatic carbocycles. The third kappa shape index (κ3) is 5.14. The Morgan fingerprint density at radius 2 is 2.00 bits per heavy atom. The van der Waals surface area contributed by atoms with Crippen LogP contribution < -0.4 is 15.6 Å². The van der Waals surface area contributed by atoms with Crippen LogP contribution in [-0.2, 0) is 39.5 Å². The average molecular weight is 561 g/mol. The van der Waals surface area contributed by atoms with Gasteiger partial charge in [0, 0.05) is 23.1 Å². The lowest BCUT2D eigenvalue weighted by atomic mass is 9.86. The first-order chi connectivity index (χ1) is 19.8. The SMILES string of the molecule is CCc1c2c(nc3ccc(OC(=O)NCCCCCCN=C=O)cc13)-c1cc3c(c(=O)n1C2)COC(=O)[C@@]3(O)CC. The number of cyclic esters (lactones) is 1. The number of carbonyl (C=O) groups excluding carboxylic acids is 3. The first-order valence-corrected chi connectivity index (χ1v) is 13.9. The van der Waals surface area contributed by atoms with Crippen molar-refractivity contribution in [1.82, 2.24) is 14.9 Å². The van der Waals surface area contributed by atoms with Crippen LogP contribution >= 0.6 is 0 Å². The van der Waals surface area contributed by atoms with Crippen LogP contribution in [0.2, 0.25) is 0 Å². The van der Waals surface area contributed by atoms with E-state index in [1.165, 1.54) is 6.08 Å². The van der Waals surface area contributed by atoms with Gasteiger partial charge in [0.1, 0.15) is 12.4 Å². The maximum atomic E-state index is 13.5. The Labute approximate surface area is 236 Å². The number of isocyanates is 1. The van der Waals surface area contributed by atoms with Crippen LogP contribution in [0.25, 0.3) is 22.3 Å². The lowest BCUT2D eigenvalue weighted by molar-refractivity contribution is -0.172. The minimum absolute atomic E-state index is 0.0777. The van der Waals surface area contributed by atoms with Gasteiger partial charge in [0.05, 0.1) is 35.6 Å². The fourth-order valence-corrected chi connectivity index (χ4v) is 5.66. The van der Waals surface area contributed by atoms with Crippen LogP contribution in [0.1, 0.15) is 68.2 Å². The van der Waals surface area contributed by atoms with Crippen molar-refractivity contribution in [2.75, 3.05) is 13.1 Å². The number of aliphatic hydroxyl groups is 1. The van der Waals surface area contributed by atoms with Gasteiger partial charge in [-0.3, -0.25) is 4.79 Å². The standard InChI is InChI=1S/C30H32N4O7/c1-3-19-20-13-18(41-29(38)32-12-8-6-5-7-11-31-17-35)9-10-24(20)33-26-21(19)15-34-25(26)14-23-22(27(34)36)16-40-28(37)30(23,39)4-2/h9-10,13-14,39H,3-8,11-12,15-16H2,1-2H3,(H,32,38)/t30-/m1/s1. The second-order valence-electron chi connectivity index (χ2n) is 10.3. The molecular formula is C30H32N4O7. The zero-order valence-electron chi connectivity index (χ0n) is 23.1. The van der Waals surface area contributed by atoms with Crippen LogP contribution in [0, 0.1) is 0 Å². The van der Waals surface area contributed by atoms with Gasteiger partial charge < -0.3 is 24.5 Å². The second kappa shape index (κ2) is 11.6. The number of benzene rings is 1. The Balaban J connectivity index is 1.38. The molecule has 0 radical (unpaired) electrons. The predicted octanol–water partition coefficient (Wildman–Crippen LogP) is 3.63. The summed E-state index contributed by atoms with van der Waals surface area (Å²) in [6.07, 6.45) is 5.11. The molecule has 1 aromatic carbocycles. The van der Waals surface area contributed by atoms with Gasteiger partial charge in [-0.2, -0.15) is 0 Å². The summed E-state index contributed by atoms with van der Waals surface area (Å²) in [7, 11) is 0. The summed E-state index contributed by atoms with van der Waals surface area (Å²) >= 11 is 0. The monoisotopic (exact) mass is 560 g/mol. The maximum absolute atomic E-state index is 13.5. The fraction of sp³-hybridized carbons (Fsp3) is 0.433. The largest absolute Gasteiger partial charge is 0.458 e. The van der Waals surface area contributed by atoms with Gasteiger partial charge in [-0.25, -0.2) is 24.4 Å². The van der Waals surface area contributed by atoms with E-state index < -0.39 is 17.7 Å². The van der Waals surface area contributed by atoms with Crippen molar-refractivity contribution >= 4 is 29.0 Å². The molecule has 0 fully saturated rings. The van der Waals surface area contributed by atoms with Gasteiger partial charge in [0.15, 0.2) is 5.60 Å². The van der Waals surface area contributed by atoms with E-state index in [1.54, 1.807) is 35.8 Å². The number of rotatable bonds is 10. The van der Waals surface area contributed by atoms with Gasteiger partial charge in [-0.15, -0.1) is 0 Å². The van der Waals surface area contributed by atoms with Crippen LogP contribution in [-0.4, -0.2) is 45.9 Å². The minimum Gasteiger partial charge on any atom is -0.458 e. The van der Waals surface area contributed by atoms with E-state index in [-0.39, 0.29) is 29.7 Å². The summed E-state index contributed by atoms with van der Waals surface area (Å²) < 4.78 is 12.3. The molecule has 2 N–H and O–H groups in total. The van der Waals surface area contributed by atoms with Crippen LogP contribution in [0.4, 0.5) is 4.79 Å². The fourth-order valence-electron chi connectivity index (χ4n) is 5.66. The Kier molecular flexibility index (Phi) is 8.01. The number of amides is 1. The minimum atomic E-state index is -1.88. The third-order valence-corrected chi connectivity index (χ3v) is 7.87. The maximum Gasteiger partial charge on any atom is 0.412 e. The molecule has 214 valence electrons. The molecule has 0 bridgehead atoms.